The number of rotatable bonds is 2. The van der Waals surface area contributed by atoms with Crippen molar-refractivity contribution in [1.82, 2.24) is 0 Å². The van der Waals surface area contributed by atoms with Crippen LogP contribution in [-0.4, -0.2) is 11.1 Å². The highest BCUT2D eigenvalue weighted by Gasteiger charge is 2.08. The molecular weight excluding hydrogens is 182 g/mol. The number of carboxylic acid groups (broad SMARTS) is 1. The maximum Gasteiger partial charge on any atom is 0.337 e. The number of hydrogen-bond donors (Lipinski definition) is 1. The first-order valence-corrected chi connectivity index (χ1v) is 3.39. The van der Waals surface area contributed by atoms with Crippen LogP contribution in [0.4, 0.5) is 5.69 Å². The number of nitrogens with zero attached hydrogens (tertiary/aromatic N) is 1. The number of carbonyl (C=O) groups is 1. The Bertz CT molecular complexity index is 337. The lowest BCUT2D eigenvalue weighted by molar-refractivity contribution is 0.0697. The highest BCUT2D eigenvalue weighted by Crippen LogP contribution is 2.21. The lowest BCUT2D eigenvalue weighted by Gasteiger charge is -1.96. The summed E-state index contributed by atoms with van der Waals surface area (Å²) in [6.45, 7) is 0. The molecule has 0 aromatic heterocycles. The molecule has 0 atom stereocenters. The van der Waals surface area contributed by atoms with E-state index in [4.69, 9.17) is 16.7 Å². The minimum Gasteiger partial charge on any atom is -0.478 e. The lowest BCUT2D eigenvalue weighted by Crippen LogP contribution is -1.96. The van der Waals surface area contributed by atoms with E-state index in [0.29, 0.717) is 0 Å². The summed E-state index contributed by atoms with van der Waals surface area (Å²) in [5, 5.41) is 11.2. The third-order valence-corrected chi connectivity index (χ3v) is 1.62. The van der Waals surface area contributed by atoms with Crippen LogP contribution in [0.15, 0.2) is 23.4 Å². The molecule has 0 radical (unpaired) electrons. The third kappa shape index (κ3) is 1.60. The van der Waals surface area contributed by atoms with Gasteiger partial charge in [0.15, 0.2) is 0 Å². The lowest BCUT2D eigenvalue weighted by atomic mass is 10.2. The van der Waals surface area contributed by atoms with Gasteiger partial charge in [0, 0.05) is 0 Å². The van der Waals surface area contributed by atoms with E-state index in [-0.39, 0.29) is 16.3 Å². The van der Waals surface area contributed by atoms with Gasteiger partial charge in [0.25, 0.3) is 0 Å². The first kappa shape index (κ1) is 8.67. The van der Waals surface area contributed by atoms with Gasteiger partial charge < -0.3 is 5.11 Å². The van der Waals surface area contributed by atoms with Gasteiger partial charge in [-0.25, -0.2) is 4.79 Å². The fraction of sp³-hybridized carbons (Fsp3) is 0. The van der Waals surface area contributed by atoms with Crippen molar-refractivity contribution in [2.24, 2.45) is 5.18 Å². The summed E-state index contributed by atoms with van der Waals surface area (Å²) < 4.78 is 0. The van der Waals surface area contributed by atoms with Crippen LogP contribution in [0.2, 0.25) is 5.02 Å². The van der Waals surface area contributed by atoms with Crippen molar-refractivity contribution >= 4 is 23.3 Å². The molecule has 5 heteroatoms. The van der Waals surface area contributed by atoms with Gasteiger partial charge in [-0.15, -0.1) is 4.91 Å². The van der Waals surface area contributed by atoms with Crippen LogP contribution < -0.4 is 0 Å². The van der Waals surface area contributed by atoms with Crippen molar-refractivity contribution in [1.29, 1.82) is 0 Å². The predicted molar refractivity (Wildman–Crippen MR) is 43.9 cm³/mol. The van der Waals surface area contributed by atoms with Crippen LogP contribution >= 0.6 is 11.6 Å². The van der Waals surface area contributed by atoms with Crippen molar-refractivity contribution in [2.75, 3.05) is 0 Å². The van der Waals surface area contributed by atoms with E-state index in [9.17, 15) is 9.70 Å². The number of hydrogen-bond acceptors (Lipinski definition) is 3. The Morgan fingerprint density at radius 2 is 2.17 bits per heavy atom. The molecule has 1 N–H and O–H groups in total. The summed E-state index contributed by atoms with van der Waals surface area (Å²) in [6.07, 6.45) is 0. The van der Waals surface area contributed by atoms with E-state index in [1.165, 1.54) is 12.1 Å². The van der Waals surface area contributed by atoms with Gasteiger partial charge in [-0.2, -0.15) is 0 Å². The molecule has 1 aromatic rings. The van der Waals surface area contributed by atoms with Crippen LogP contribution in [0.3, 0.4) is 0 Å². The molecule has 1 rings (SSSR count). The minimum absolute atomic E-state index is 0.0526. The highest BCUT2D eigenvalue weighted by molar-refractivity contribution is 6.33. The molecule has 1 aromatic carbocycles. The predicted octanol–water partition coefficient (Wildman–Crippen LogP) is 2.44. The second-order valence-corrected chi connectivity index (χ2v) is 2.47. The first-order valence-electron chi connectivity index (χ1n) is 3.01. The van der Waals surface area contributed by atoms with E-state index >= 15 is 0 Å². The minimum atomic E-state index is -1.18. The van der Waals surface area contributed by atoms with E-state index in [1.807, 2.05) is 0 Å². The van der Waals surface area contributed by atoms with Crippen molar-refractivity contribution < 1.29 is 9.90 Å². The Balaban J connectivity index is 3.25. The Hall–Kier alpha value is -1.42. The largest absolute Gasteiger partial charge is 0.478 e. The third-order valence-electron chi connectivity index (χ3n) is 1.29. The molecule has 0 heterocycles. The van der Waals surface area contributed by atoms with Crippen LogP contribution in [0, 0.1) is 4.91 Å². The molecule has 0 saturated carbocycles. The molecule has 62 valence electrons. The van der Waals surface area contributed by atoms with Crippen molar-refractivity contribution in [3.8, 4) is 0 Å². The number of carboxylic acids is 1. The molecule has 0 amide bonds. The summed E-state index contributed by atoms with van der Waals surface area (Å²) in [5.41, 5.74) is -0.0643. The molecular formula is C7H4ClNO3. The molecule has 4 nitrogen and oxygen atoms in total. The van der Waals surface area contributed by atoms with E-state index in [2.05, 4.69) is 5.18 Å². The summed E-state index contributed by atoms with van der Waals surface area (Å²) in [4.78, 5) is 20.5. The summed E-state index contributed by atoms with van der Waals surface area (Å²) >= 11 is 5.52. The van der Waals surface area contributed by atoms with Crippen LogP contribution in [0.25, 0.3) is 0 Å². The van der Waals surface area contributed by atoms with Gasteiger partial charge >= 0.3 is 5.97 Å². The van der Waals surface area contributed by atoms with Crippen LogP contribution in [0.5, 0.6) is 0 Å². The Kier molecular flexibility index (Phi) is 2.40. The maximum absolute atomic E-state index is 10.5. The quantitative estimate of drug-likeness (QED) is 0.720. The van der Waals surface area contributed by atoms with E-state index in [0.717, 1.165) is 6.07 Å². The first-order chi connectivity index (χ1) is 5.65. The topological polar surface area (TPSA) is 66.7 Å². The number of halogens is 1. The van der Waals surface area contributed by atoms with Crippen molar-refractivity contribution in [2.45, 2.75) is 0 Å². The molecule has 0 aliphatic heterocycles. The maximum atomic E-state index is 10.5. The van der Waals surface area contributed by atoms with Gasteiger partial charge in [0.1, 0.15) is 5.69 Å². The average molecular weight is 186 g/mol. The number of aromatic carboxylic acids is 1. The molecule has 0 aliphatic rings. The number of nitroso groups, excluding NO2 is 1. The smallest absolute Gasteiger partial charge is 0.337 e. The van der Waals surface area contributed by atoms with E-state index in [1.54, 1.807) is 0 Å². The highest BCUT2D eigenvalue weighted by atomic mass is 35.5. The zero-order valence-corrected chi connectivity index (χ0v) is 6.58. The Morgan fingerprint density at radius 3 is 2.67 bits per heavy atom. The molecule has 0 unspecified atom stereocenters. The summed E-state index contributed by atoms with van der Waals surface area (Å²) in [7, 11) is 0. The van der Waals surface area contributed by atoms with Crippen molar-refractivity contribution in [3.63, 3.8) is 0 Å². The number of benzene rings is 1. The Labute approximate surface area is 72.8 Å². The average Bonchev–Trinajstić information content (AvgIpc) is 2.05. The van der Waals surface area contributed by atoms with Gasteiger partial charge in [-0.3, -0.25) is 0 Å². The molecule has 0 saturated heterocycles. The van der Waals surface area contributed by atoms with Gasteiger partial charge in [0.05, 0.1) is 10.6 Å². The second kappa shape index (κ2) is 3.32. The Morgan fingerprint density at radius 1 is 1.50 bits per heavy atom. The zero-order chi connectivity index (χ0) is 9.14. The molecule has 0 aliphatic carbocycles. The monoisotopic (exact) mass is 185 g/mol. The molecule has 0 spiro atoms. The van der Waals surface area contributed by atoms with Gasteiger partial charge in [0.2, 0.25) is 0 Å². The summed E-state index contributed by atoms with van der Waals surface area (Å²) in [5.74, 6) is -1.18. The van der Waals surface area contributed by atoms with Crippen molar-refractivity contribution in [3.05, 3.63) is 33.7 Å². The van der Waals surface area contributed by atoms with Crippen LogP contribution in [-0.2, 0) is 0 Å². The molecule has 0 bridgehead atoms. The normalized spacial score (nSPS) is 9.42. The SMILES string of the molecule is O=Nc1ccc(Cl)c(C(=O)O)c1. The molecule has 12 heavy (non-hydrogen) atoms. The van der Waals surface area contributed by atoms with Crippen LogP contribution in [0.1, 0.15) is 10.4 Å². The fourth-order valence-electron chi connectivity index (χ4n) is 0.734. The fourth-order valence-corrected chi connectivity index (χ4v) is 0.932. The second-order valence-electron chi connectivity index (χ2n) is 2.06. The van der Waals surface area contributed by atoms with Gasteiger partial charge in [-0.1, -0.05) is 11.6 Å². The molecule has 0 fully saturated rings. The van der Waals surface area contributed by atoms with Gasteiger partial charge in [-0.05, 0) is 23.4 Å². The zero-order valence-electron chi connectivity index (χ0n) is 5.82. The van der Waals surface area contributed by atoms with E-state index < -0.39 is 5.97 Å². The standard InChI is InChI=1S/C7H4ClNO3/c8-6-2-1-4(9-12)3-5(6)7(10)11/h1-3H,(H,10,11). The summed E-state index contributed by atoms with van der Waals surface area (Å²) in [6, 6.07) is 3.79.